The molecule has 0 heterocycles. The van der Waals surface area contributed by atoms with Crippen LogP contribution in [-0.2, 0) is 0 Å². The van der Waals surface area contributed by atoms with Crippen molar-refractivity contribution >= 4 is 0 Å². The lowest BCUT2D eigenvalue weighted by Gasteiger charge is -2.15. The standard InChI is InChI=1S/C11H14F3N/c1-6(2)3-11(15)7-4-9(13)10(14)5-8(7)12/h4-6,11H,3,15H2,1-2H3. The summed E-state index contributed by atoms with van der Waals surface area (Å²) in [6.07, 6.45) is 0.530. The molecule has 1 atom stereocenters. The summed E-state index contributed by atoms with van der Waals surface area (Å²) >= 11 is 0. The predicted octanol–water partition coefficient (Wildman–Crippen LogP) is 3.15. The van der Waals surface area contributed by atoms with Crippen LogP contribution in [-0.4, -0.2) is 0 Å². The molecule has 4 heteroatoms. The average molecular weight is 217 g/mol. The minimum atomic E-state index is -1.19. The van der Waals surface area contributed by atoms with Gasteiger partial charge in [0.15, 0.2) is 11.6 Å². The van der Waals surface area contributed by atoms with E-state index in [9.17, 15) is 13.2 Å². The van der Waals surface area contributed by atoms with Crippen molar-refractivity contribution < 1.29 is 13.2 Å². The molecule has 0 saturated carbocycles. The first-order valence-corrected chi connectivity index (χ1v) is 4.81. The van der Waals surface area contributed by atoms with Gasteiger partial charge in [0.1, 0.15) is 5.82 Å². The molecule has 1 aromatic rings. The number of rotatable bonds is 3. The number of halogens is 3. The molecule has 0 aliphatic carbocycles. The molecule has 1 unspecified atom stereocenters. The van der Waals surface area contributed by atoms with Crippen LogP contribution in [0.2, 0.25) is 0 Å². The van der Waals surface area contributed by atoms with Gasteiger partial charge in [-0.2, -0.15) is 0 Å². The summed E-state index contributed by atoms with van der Waals surface area (Å²) in [5, 5.41) is 0. The molecule has 1 nitrogen and oxygen atoms in total. The minimum absolute atomic E-state index is 0.0302. The van der Waals surface area contributed by atoms with Crippen LogP contribution in [0.5, 0.6) is 0 Å². The van der Waals surface area contributed by atoms with Crippen molar-refractivity contribution in [2.75, 3.05) is 0 Å². The fourth-order valence-corrected chi connectivity index (χ4v) is 1.46. The minimum Gasteiger partial charge on any atom is -0.324 e. The highest BCUT2D eigenvalue weighted by molar-refractivity contribution is 5.23. The van der Waals surface area contributed by atoms with E-state index in [-0.39, 0.29) is 11.5 Å². The summed E-state index contributed by atoms with van der Waals surface area (Å²) in [6.45, 7) is 3.86. The maximum Gasteiger partial charge on any atom is 0.161 e. The zero-order valence-electron chi connectivity index (χ0n) is 8.73. The molecule has 0 aliphatic rings. The maximum atomic E-state index is 13.2. The van der Waals surface area contributed by atoms with E-state index in [1.54, 1.807) is 0 Å². The number of benzene rings is 1. The Balaban J connectivity index is 2.98. The van der Waals surface area contributed by atoms with Crippen molar-refractivity contribution in [2.45, 2.75) is 26.3 Å². The van der Waals surface area contributed by atoms with Gasteiger partial charge in [-0.1, -0.05) is 13.8 Å². The van der Waals surface area contributed by atoms with Crippen LogP contribution >= 0.6 is 0 Å². The van der Waals surface area contributed by atoms with E-state index >= 15 is 0 Å². The van der Waals surface area contributed by atoms with Gasteiger partial charge in [0.2, 0.25) is 0 Å². The highest BCUT2D eigenvalue weighted by Gasteiger charge is 2.16. The van der Waals surface area contributed by atoms with Gasteiger partial charge < -0.3 is 5.73 Å². The summed E-state index contributed by atoms with van der Waals surface area (Å²) in [4.78, 5) is 0. The van der Waals surface area contributed by atoms with Crippen LogP contribution in [0.4, 0.5) is 13.2 Å². The van der Waals surface area contributed by atoms with E-state index in [0.717, 1.165) is 6.07 Å². The zero-order valence-corrected chi connectivity index (χ0v) is 8.73. The predicted molar refractivity (Wildman–Crippen MR) is 52.7 cm³/mol. The lowest BCUT2D eigenvalue weighted by molar-refractivity contribution is 0.462. The van der Waals surface area contributed by atoms with Crippen LogP contribution in [0.3, 0.4) is 0 Å². The van der Waals surface area contributed by atoms with Gasteiger partial charge >= 0.3 is 0 Å². The molecule has 0 bridgehead atoms. The van der Waals surface area contributed by atoms with Crippen LogP contribution in [0.15, 0.2) is 12.1 Å². The van der Waals surface area contributed by atoms with Gasteiger partial charge in [0.25, 0.3) is 0 Å². The number of hydrogen-bond donors (Lipinski definition) is 1. The van der Waals surface area contributed by atoms with Gasteiger partial charge in [0.05, 0.1) is 0 Å². The van der Waals surface area contributed by atoms with Crippen molar-refractivity contribution in [1.29, 1.82) is 0 Å². The fourth-order valence-electron chi connectivity index (χ4n) is 1.46. The summed E-state index contributed by atoms with van der Waals surface area (Å²) in [7, 11) is 0. The molecule has 2 N–H and O–H groups in total. The lowest BCUT2D eigenvalue weighted by atomic mass is 9.97. The Morgan fingerprint density at radius 1 is 1.07 bits per heavy atom. The van der Waals surface area contributed by atoms with Gasteiger partial charge in [0, 0.05) is 17.7 Å². The molecule has 0 aliphatic heterocycles. The molecule has 1 rings (SSSR count). The summed E-state index contributed by atoms with van der Waals surface area (Å²) in [5.41, 5.74) is 5.72. The Bertz CT molecular complexity index is 350. The van der Waals surface area contributed by atoms with E-state index in [4.69, 9.17) is 5.73 Å². The third-order valence-corrected chi connectivity index (χ3v) is 2.16. The largest absolute Gasteiger partial charge is 0.324 e. The fraction of sp³-hybridized carbons (Fsp3) is 0.455. The van der Waals surface area contributed by atoms with Crippen molar-refractivity contribution in [3.05, 3.63) is 35.1 Å². The van der Waals surface area contributed by atoms with E-state index < -0.39 is 23.5 Å². The summed E-state index contributed by atoms with van der Waals surface area (Å²) < 4.78 is 38.7. The second-order valence-electron chi connectivity index (χ2n) is 4.02. The molecule has 1 aromatic carbocycles. The first-order valence-electron chi connectivity index (χ1n) is 4.81. The molecule has 0 amide bonds. The first-order chi connectivity index (χ1) is 6.91. The van der Waals surface area contributed by atoms with Gasteiger partial charge in [-0.05, 0) is 18.4 Å². The molecular formula is C11H14F3N. The third-order valence-electron chi connectivity index (χ3n) is 2.16. The average Bonchev–Trinajstić information content (AvgIpc) is 2.09. The van der Waals surface area contributed by atoms with E-state index in [1.807, 2.05) is 13.8 Å². The van der Waals surface area contributed by atoms with Crippen molar-refractivity contribution in [2.24, 2.45) is 11.7 Å². The summed E-state index contributed by atoms with van der Waals surface area (Å²) in [6, 6.07) is 0.767. The first kappa shape index (κ1) is 12.0. The Hall–Kier alpha value is -1.03. The Labute approximate surface area is 87.1 Å². The normalized spacial score (nSPS) is 13.3. The second-order valence-corrected chi connectivity index (χ2v) is 4.02. The SMILES string of the molecule is CC(C)CC(N)c1cc(F)c(F)cc1F. The molecule has 0 spiro atoms. The quantitative estimate of drug-likeness (QED) is 0.773. The Kier molecular flexibility index (Phi) is 3.74. The highest BCUT2D eigenvalue weighted by atomic mass is 19.2. The van der Waals surface area contributed by atoms with E-state index in [1.165, 1.54) is 0 Å². The van der Waals surface area contributed by atoms with Crippen LogP contribution < -0.4 is 5.73 Å². The van der Waals surface area contributed by atoms with Crippen LogP contribution in [0.1, 0.15) is 31.9 Å². The van der Waals surface area contributed by atoms with Crippen LogP contribution in [0, 0.1) is 23.4 Å². The van der Waals surface area contributed by atoms with Gasteiger partial charge in [-0.15, -0.1) is 0 Å². The Morgan fingerprint density at radius 3 is 2.13 bits per heavy atom. The second kappa shape index (κ2) is 4.66. The third kappa shape index (κ3) is 2.96. The molecular weight excluding hydrogens is 203 g/mol. The van der Waals surface area contributed by atoms with Gasteiger partial charge in [-0.25, -0.2) is 13.2 Å². The maximum absolute atomic E-state index is 13.2. The molecule has 0 radical (unpaired) electrons. The molecule has 0 aromatic heterocycles. The van der Waals surface area contributed by atoms with E-state index in [0.29, 0.717) is 12.5 Å². The monoisotopic (exact) mass is 217 g/mol. The van der Waals surface area contributed by atoms with Crippen LogP contribution in [0.25, 0.3) is 0 Å². The summed E-state index contributed by atoms with van der Waals surface area (Å²) in [5.74, 6) is -2.77. The number of nitrogens with two attached hydrogens (primary N) is 1. The van der Waals surface area contributed by atoms with Crippen molar-refractivity contribution in [3.63, 3.8) is 0 Å². The molecule has 15 heavy (non-hydrogen) atoms. The van der Waals surface area contributed by atoms with Gasteiger partial charge in [-0.3, -0.25) is 0 Å². The Morgan fingerprint density at radius 2 is 1.60 bits per heavy atom. The van der Waals surface area contributed by atoms with Crippen molar-refractivity contribution in [3.8, 4) is 0 Å². The molecule has 84 valence electrons. The van der Waals surface area contributed by atoms with E-state index in [2.05, 4.69) is 0 Å². The molecule has 0 fully saturated rings. The molecule has 0 saturated heterocycles. The smallest absolute Gasteiger partial charge is 0.161 e. The lowest BCUT2D eigenvalue weighted by Crippen LogP contribution is -2.15. The highest BCUT2D eigenvalue weighted by Crippen LogP contribution is 2.23. The van der Waals surface area contributed by atoms with Crippen molar-refractivity contribution in [1.82, 2.24) is 0 Å². The topological polar surface area (TPSA) is 26.0 Å². The zero-order chi connectivity index (χ0) is 11.6. The number of hydrogen-bond acceptors (Lipinski definition) is 1.